The highest BCUT2D eigenvalue weighted by molar-refractivity contribution is 5.73. The lowest BCUT2D eigenvalue weighted by Crippen LogP contribution is -2.36. The minimum absolute atomic E-state index is 0.0594. The Balaban J connectivity index is 1.85. The van der Waals surface area contributed by atoms with E-state index in [2.05, 4.69) is 0 Å². The first kappa shape index (κ1) is 11.9. The predicted octanol–water partition coefficient (Wildman–Crippen LogP) is 1.67. The molecule has 2 atom stereocenters. The molecule has 0 radical (unpaired) electrons. The molecule has 0 aromatic heterocycles. The zero-order chi connectivity index (χ0) is 11.6. The molecule has 0 aromatic carbocycles. The van der Waals surface area contributed by atoms with Crippen molar-refractivity contribution in [2.75, 3.05) is 0 Å². The van der Waals surface area contributed by atoms with E-state index in [-0.39, 0.29) is 11.7 Å². The van der Waals surface area contributed by atoms with Crippen LogP contribution in [-0.2, 0) is 9.53 Å². The van der Waals surface area contributed by atoms with Crippen LogP contribution in [0.3, 0.4) is 0 Å². The van der Waals surface area contributed by atoms with Gasteiger partial charge < -0.3 is 15.6 Å². The van der Waals surface area contributed by atoms with E-state index in [1.807, 2.05) is 0 Å². The molecule has 1 spiro atoms. The number of hydrogen-bond donors (Lipinski definition) is 2. The Bertz CT molecular complexity index is 261. The van der Waals surface area contributed by atoms with E-state index >= 15 is 0 Å². The third-order valence-electron chi connectivity index (χ3n) is 3.94. The summed E-state index contributed by atoms with van der Waals surface area (Å²) in [6.07, 6.45) is 8.67. The Kier molecular flexibility index (Phi) is 3.50. The number of carboxylic acid groups (broad SMARTS) is 1. The van der Waals surface area contributed by atoms with Gasteiger partial charge in [0.25, 0.3) is 0 Å². The lowest BCUT2D eigenvalue weighted by atomic mass is 9.83. The number of aliphatic carboxylic acids is 1. The van der Waals surface area contributed by atoms with E-state index in [0.717, 1.165) is 25.7 Å². The quantitative estimate of drug-likeness (QED) is 0.769. The third kappa shape index (κ3) is 2.55. The van der Waals surface area contributed by atoms with Crippen LogP contribution in [0.4, 0.5) is 0 Å². The van der Waals surface area contributed by atoms with Crippen LogP contribution in [-0.4, -0.2) is 28.8 Å². The number of carbonyl (C=O) groups is 1. The summed E-state index contributed by atoms with van der Waals surface area (Å²) in [4.78, 5) is 10.7. The molecule has 1 unspecified atom stereocenters. The Morgan fingerprint density at radius 3 is 2.69 bits per heavy atom. The maximum atomic E-state index is 10.7. The number of carboxylic acids is 1. The maximum absolute atomic E-state index is 10.7. The van der Waals surface area contributed by atoms with Crippen LogP contribution in [0.5, 0.6) is 0 Å². The molecule has 0 amide bonds. The molecular weight excluding hydrogens is 206 g/mol. The standard InChI is InChI=1S/C12H21NO3/c13-10(11(14)15)8-9-4-7-12(16-9)5-2-1-3-6-12/h9-10H,1-8,13H2,(H,14,15)/t9?,10-/m0/s1. The largest absolute Gasteiger partial charge is 0.480 e. The molecular formula is C12H21NO3. The second kappa shape index (κ2) is 4.72. The average Bonchev–Trinajstić information content (AvgIpc) is 2.62. The van der Waals surface area contributed by atoms with Gasteiger partial charge in [0.1, 0.15) is 6.04 Å². The van der Waals surface area contributed by atoms with Gasteiger partial charge in [0.15, 0.2) is 0 Å². The fourth-order valence-electron chi connectivity index (χ4n) is 3.01. The Labute approximate surface area is 96.2 Å². The molecule has 3 N–H and O–H groups in total. The van der Waals surface area contributed by atoms with Gasteiger partial charge in [-0.05, 0) is 32.1 Å². The number of ether oxygens (including phenoxy) is 1. The molecule has 1 saturated heterocycles. The first-order valence-corrected chi connectivity index (χ1v) is 6.27. The van der Waals surface area contributed by atoms with Crippen molar-refractivity contribution >= 4 is 5.97 Å². The second-order valence-electron chi connectivity index (χ2n) is 5.20. The molecule has 4 heteroatoms. The summed E-state index contributed by atoms with van der Waals surface area (Å²) in [6, 6.07) is -0.774. The normalized spacial score (nSPS) is 30.4. The van der Waals surface area contributed by atoms with E-state index in [0.29, 0.717) is 6.42 Å². The van der Waals surface area contributed by atoms with Gasteiger partial charge in [0.2, 0.25) is 0 Å². The van der Waals surface area contributed by atoms with Gasteiger partial charge in [-0.25, -0.2) is 0 Å². The SMILES string of the molecule is N[C@@H](CC1CCC2(CCCCC2)O1)C(=O)O. The summed E-state index contributed by atoms with van der Waals surface area (Å²) in [5.74, 6) is -0.923. The van der Waals surface area contributed by atoms with Gasteiger partial charge in [-0.15, -0.1) is 0 Å². The van der Waals surface area contributed by atoms with E-state index in [1.165, 1.54) is 19.3 Å². The number of nitrogens with two attached hydrogens (primary N) is 1. The molecule has 2 rings (SSSR count). The van der Waals surface area contributed by atoms with Gasteiger partial charge in [0.05, 0.1) is 11.7 Å². The zero-order valence-electron chi connectivity index (χ0n) is 9.65. The zero-order valence-corrected chi connectivity index (χ0v) is 9.65. The minimum Gasteiger partial charge on any atom is -0.480 e. The maximum Gasteiger partial charge on any atom is 0.320 e. The summed E-state index contributed by atoms with van der Waals surface area (Å²) >= 11 is 0. The molecule has 4 nitrogen and oxygen atoms in total. The van der Waals surface area contributed by atoms with Gasteiger partial charge in [-0.3, -0.25) is 4.79 Å². The first-order chi connectivity index (χ1) is 7.61. The molecule has 2 fully saturated rings. The Hall–Kier alpha value is -0.610. The summed E-state index contributed by atoms with van der Waals surface area (Å²) in [7, 11) is 0. The lowest BCUT2D eigenvalue weighted by molar-refractivity contribution is -0.140. The van der Waals surface area contributed by atoms with Crippen molar-refractivity contribution in [2.45, 2.75) is 69.1 Å². The number of rotatable bonds is 3. The summed E-state index contributed by atoms with van der Waals surface area (Å²) < 4.78 is 6.07. The highest BCUT2D eigenvalue weighted by Gasteiger charge is 2.41. The summed E-state index contributed by atoms with van der Waals surface area (Å²) in [5.41, 5.74) is 5.61. The van der Waals surface area contributed by atoms with Gasteiger partial charge in [-0.2, -0.15) is 0 Å². The minimum atomic E-state index is -0.923. The van der Waals surface area contributed by atoms with Crippen molar-refractivity contribution in [3.8, 4) is 0 Å². The van der Waals surface area contributed by atoms with Crippen LogP contribution >= 0.6 is 0 Å². The van der Waals surface area contributed by atoms with Crippen LogP contribution in [0.25, 0.3) is 0 Å². The molecule has 0 aromatic rings. The summed E-state index contributed by atoms with van der Waals surface area (Å²) in [5, 5.41) is 8.76. The van der Waals surface area contributed by atoms with Gasteiger partial charge in [-0.1, -0.05) is 19.3 Å². The molecule has 0 bridgehead atoms. The monoisotopic (exact) mass is 227 g/mol. The van der Waals surface area contributed by atoms with Crippen molar-refractivity contribution in [1.82, 2.24) is 0 Å². The van der Waals surface area contributed by atoms with Crippen LogP contribution in [0, 0.1) is 0 Å². The van der Waals surface area contributed by atoms with Crippen molar-refractivity contribution in [3.63, 3.8) is 0 Å². The highest BCUT2D eigenvalue weighted by Crippen LogP contribution is 2.42. The molecule has 1 aliphatic heterocycles. The molecule has 16 heavy (non-hydrogen) atoms. The van der Waals surface area contributed by atoms with Crippen molar-refractivity contribution in [1.29, 1.82) is 0 Å². The Morgan fingerprint density at radius 2 is 2.06 bits per heavy atom. The van der Waals surface area contributed by atoms with Crippen LogP contribution in [0.1, 0.15) is 51.4 Å². The van der Waals surface area contributed by atoms with Crippen LogP contribution in [0.2, 0.25) is 0 Å². The van der Waals surface area contributed by atoms with Crippen molar-refractivity contribution < 1.29 is 14.6 Å². The predicted molar refractivity (Wildman–Crippen MR) is 60.2 cm³/mol. The van der Waals surface area contributed by atoms with E-state index < -0.39 is 12.0 Å². The van der Waals surface area contributed by atoms with E-state index in [9.17, 15) is 4.79 Å². The molecule has 2 aliphatic rings. The second-order valence-corrected chi connectivity index (χ2v) is 5.20. The Morgan fingerprint density at radius 1 is 1.38 bits per heavy atom. The summed E-state index contributed by atoms with van der Waals surface area (Å²) in [6.45, 7) is 0. The van der Waals surface area contributed by atoms with Crippen molar-refractivity contribution in [3.05, 3.63) is 0 Å². The lowest BCUT2D eigenvalue weighted by Gasteiger charge is -2.33. The first-order valence-electron chi connectivity index (χ1n) is 6.27. The van der Waals surface area contributed by atoms with Crippen LogP contribution < -0.4 is 5.73 Å². The van der Waals surface area contributed by atoms with Gasteiger partial charge in [0, 0.05) is 0 Å². The van der Waals surface area contributed by atoms with E-state index in [4.69, 9.17) is 15.6 Å². The van der Waals surface area contributed by atoms with Crippen molar-refractivity contribution in [2.24, 2.45) is 5.73 Å². The topological polar surface area (TPSA) is 72.5 Å². The van der Waals surface area contributed by atoms with E-state index in [1.54, 1.807) is 0 Å². The molecule has 92 valence electrons. The fourth-order valence-corrected chi connectivity index (χ4v) is 3.01. The molecule has 1 aliphatic carbocycles. The highest BCUT2D eigenvalue weighted by atomic mass is 16.5. The average molecular weight is 227 g/mol. The smallest absolute Gasteiger partial charge is 0.320 e. The molecule has 1 heterocycles. The molecule has 1 saturated carbocycles. The third-order valence-corrected chi connectivity index (χ3v) is 3.94. The number of hydrogen-bond acceptors (Lipinski definition) is 3. The van der Waals surface area contributed by atoms with Gasteiger partial charge >= 0.3 is 5.97 Å². The van der Waals surface area contributed by atoms with Crippen LogP contribution in [0.15, 0.2) is 0 Å². The fraction of sp³-hybridized carbons (Fsp3) is 0.917.